The van der Waals surface area contributed by atoms with Gasteiger partial charge in [0.1, 0.15) is 0 Å². The molecule has 1 atom stereocenters. The highest BCUT2D eigenvalue weighted by atomic mass is 32.1. The molecule has 2 aromatic heterocycles. The van der Waals surface area contributed by atoms with E-state index in [1.807, 2.05) is 5.38 Å². The van der Waals surface area contributed by atoms with E-state index in [1.165, 1.54) is 11.3 Å². The maximum absolute atomic E-state index is 5.62. The van der Waals surface area contributed by atoms with Crippen molar-refractivity contribution in [2.45, 2.75) is 18.9 Å². The zero-order valence-electron chi connectivity index (χ0n) is 12.3. The van der Waals surface area contributed by atoms with Crippen molar-refractivity contribution in [1.29, 1.82) is 0 Å². The molecule has 7 nitrogen and oxygen atoms in total. The lowest BCUT2D eigenvalue weighted by Crippen LogP contribution is -2.50. The molecule has 1 saturated heterocycles. The van der Waals surface area contributed by atoms with E-state index in [-0.39, 0.29) is 0 Å². The second kappa shape index (κ2) is 6.08. The van der Waals surface area contributed by atoms with Crippen molar-refractivity contribution in [3.63, 3.8) is 0 Å². The van der Waals surface area contributed by atoms with E-state index < -0.39 is 0 Å². The third-order valence-electron chi connectivity index (χ3n) is 3.81. The molecule has 2 aromatic rings. The molecular weight excluding hydrogens is 288 g/mol. The number of thiazole rings is 1. The fourth-order valence-electron chi connectivity index (χ4n) is 2.54. The number of nitrogens with two attached hydrogens (primary N) is 1. The van der Waals surface area contributed by atoms with Crippen LogP contribution in [0.5, 0.6) is 0 Å². The summed E-state index contributed by atoms with van der Waals surface area (Å²) in [7, 11) is 4.30. The Hall–Kier alpha value is -1.51. The predicted octanol–water partition coefficient (Wildman–Crippen LogP) is 0.487. The number of hydrogen-bond acceptors (Lipinski definition) is 8. The molecular formula is C13H20N6OS. The van der Waals surface area contributed by atoms with Crippen LogP contribution in [0.15, 0.2) is 9.90 Å². The molecule has 0 aromatic carbocycles. The number of anilines is 1. The minimum atomic E-state index is 0.434. The van der Waals surface area contributed by atoms with E-state index in [4.69, 9.17) is 10.3 Å². The monoisotopic (exact) mass is 308 g/mol. The largest absolute Gasteiger partial charge is 0.375 e. The molecule has 0 radical (unpaired) electrons. The van der Waals surface area contributed by atoms with Crippen LogP contribution in [0.3, 0.4) is 0 Å². The summed E-state index contributed by atoms with van der Waals surface area (Å²) in [4.78, 5) is 13.4. The van der Waals surface area contributed by atoms with E-state index in [9.17, 15) is 0 Å². The minimum absolute atomic E-state index is 0.434. The van der Waals surface area contributed by atoms with Gasteiger partial charge in [-0.3, -0.25) is 0 Å². The van der Waals surface area contributed by atoms with Crippen LogP contribution >= 0.6 is 11.3 Å². The minimum Gasteiger partial charge on any atom is -0.375 e. The lowest BCUT2D eigenvalue weighted by atomic mass is 10.1. The predicted molar refractivity (Wildman–Crippen MR) is 81.2 cm³/mol. The Morgan fingerprint density at radius 2 is 2.24 bits per heavy atom. The molecule has 0 bridgehead atoms. The molecule has 2 N–H and O–H groups in total. The Morgan fingerprint density at radius 1 is 1.38 bits per heavy atom. The highest BCUT2D eigenvalue weighted by Crippen LogP contribution is 2.15. The van der Waals surface area contributed by atoms with Crippen LogP contribution in [0.4, 0.5) is 5.13 Å². The van der Waals surface area contributed by atoms with Gasteiger partial charge in [0.25, 0.3) is 0 Å². The maximum Gasteiger partial charge on any atom is 0.232 e. The molecule has 1 unspecified atom stereocenters. The summed E-state index contributed by atoms with van der Waals surface area (Å²) in [6.45, 7) is 3.21. The number of hydrogen-bond donors (Lipinski definition) is 1. The van der Waals surface area contributed by atoms with Crippen molar-refractivity contribution >= 4 is 16.5 Å². The molecule has 3 heterocycles. The molecule has 0 amide bonds. The first kappa shape index (κ1) is 14.4. The van der Waals surface area contributed by atoms with Gasteiger partial charge >= 0.3 is 0 Å². The van der Waals surface area contributed by atoms with Gasteiger partial charge < -0.3 is 20.1 Å². The average Bonchev–Trinajstić information content (AvgIpc) is 3.04. The van der Waals surface area contributed by atoms with Gasteiger partial charge in [0.15, 0.2) is 11.0 Å². The number of nitrogens with zero attached hydrogens (tertiary/aromatic N) is 5. The van der Waals surface area contributed by atoms with Crippen molar-refractivity contribution < 1.29 is 4.52 Å². The van der Waals surface area contributed by atoms with Crippen molar-refractivity contribution in [3.8, 4) is 0 Å². The zero-order chi connectivity index (χ0) is 14.8. The normalized spacial score (nSPS) is 21.0. The standard InChI is InChI=1S/C13H20N6OS/c1-18-3-4-19(2)10(7-18)6-11-16-12(20-17-11)5-9-8-21-13(14)15-9/h8,10H,3-7H2,1-2H3,(H2,14,15). The smallest absolute Gasteiger partial charge is 0.232 e. The first-order chi connectivity index (χ1) is 10.1. The molecule has 21 heavy (non-hydrogen) atoms. The highest BCUT2D eigenvalue weighted by molar-refractivity contribution is 7.13. The third-order valence-corrected chi connectivity index (χ3v) is 4.53. The van der Waals surface area contributed by atoms with Gasteiger partial charge in [-0.05, 0) is 14.1 Å². The average molecular weight is 308 g/mol. The van der Waals surface area contributed by atoms with Crippen LogP contribution < -0.4 is 5.73 Å². The van der Waals surface area contributed by atoms with Crippen molar-refractivity contribution in [1.82, 2.24) is 24.9 Å². The molecule has 0 saturated carbocycles. The summed E-state index contributed by atoms with van der Waals surface area (Å²) in [5.74, 6) is 1.36. The molecule has 0 aliphatic carbocycles. The van der Waals surface area contributed by atoms with Gasteiger partial charge in [-0.2, -0.15) is 4.98 Å². The van der Waals surface area contributed by atoms with Crippen LogP contribution in [0.1, 0.15) is 17.4 Å². The number of likely N-dealkylation sites (N-methyl/N-ethyl adjacent to an activating group) is 2. The molecule has 1 fully saturated rings. The quantitative estimate of drug-likeness (QED) is 0.879. The summed E-state index contributed by atoms with van der Waals surface area (Å²) in [5.41, 5.74) is 6.50. The number of piperazine rings is 1. The van der Waals surface area contributed by atoms with E-state index in [1.54, 1.807) is 0 Å². The Labute approximate surface area is 127 Å². The Kier molecular flexibility index (Phi) is 4.18. The van der Waals surface area contributed by atoms with E-state index >= 15 is 0 Å². The zero-order valence-corrected chi connectivity index (χ0v) is 13.1. The highest BCUT2D eigenvalue weighted by Gasteiger charge is 2.24. The number of nitrogen functional groups attached to an aromatic ring is 1. The summed E-state index contributed by atoms with van der Waals surface area (Å²) in [5, 5.41) is 6.57. The molecule has 3 rings (SSSR count). The first-order valence-electron chi connectivity index (χ1n) is 7.00. The lowest BCUT2D eigenvalue weighted by molar-refractivity contribution is 0.113. The topological polar surface area (TPSA) is 84.3 Å². The summed E-state index contributed by atoms with van der Waals surface area (Å²) in [6, 6.07) is 0.434. The SMILES string of the molecule is CN1CCN(C)C(Cc2noc(Cc3csc(N)n3)n2)C1. The van der Waals surface area contributed by atoms with Crippen LogP contribution in [0.25, 0.3) is 0 Å². The van der Waals surface area contributed by atoms with Crippen LogP contribution in [0, 0.1) is 0 Å². The first-order valence-corrected chi connectivity index (χ1v) is 7.88. The van der Waals surface area contributed by atoms with Gasteiger partial charge in [0.05, 0.1) is 12.1 Å². The van der Waals surface area contributed by atoms with Crippen LogP contribution in [-0.4, -0.2) is 64.7 Å². The Balaban J connectivity index is 1.62. The molecule has 114 valence electrons. The van der Waals surface area contributed by atoms with Crippen molar-refractivity contribution in [2.75, 3.05) is 39.5 Å². The number of rotatable bonds is 4. The van der Waals surface area contributed by atoms with E-state index in [0.717, 1.165) is 37.6 Å². The fourth-order valence-corrected chi connectivity index (χ4v) is 3.10. The maximum atomic E-state index is 5.62. The summed E-state index contributed by atoms with van der Waals surface area (Å²) >= 11 is 1.42. The van der Waals surface area contributed by atoms with Gasteiger partial charge in [0, 0.05) is 37.5 Å². The number of aromatic nitrogens is 3. The molecule has 1 aliphatic heterocycles. The second-order valence-corrected chi connectivity index (χ2v) is 6.45. The van der Waals surface area contributed by atoms with E-state index in [0.29, 0.717) is 23.5 Å². The summed E-state index contributed by atoms with van der Waals surface area (Å²) < 4.78 is 5.31. The van der Waals surface area contributed by atoms with Crippen LogP contribution in [0.2, 0.25) is 0 Å². The molecule has 8 heteroatoms. The van der Waals surface area contributed by atoms with Gasteiger partial charge in [-0.25, -0.2) is 4.98 Å². The van der Waals surface area contributed by atoms with Crippen LogP contribution in [-0.2, 0) is 12.8 Å². The molecule has 1 aliphatic rings. The van der Waals surface area contributed by atoms with Gasteiger partial charge in [-0.15, -0.1) is 11.3 Å². The Morgan fingerprint density at radius 3 is 3.00 bits per heavy atom. The fraction of sp³-hybridized carbons (Fsp3) is 0.615. The third kappa shape index (κ3) is 3.58. The van der Waals surface area contributed by atoms with E-state index in [2.05, 4.69) is 39.0 Å². The molecule has 0 spiro atoms. The van der Waals surface area contributed by atoms with Crippen molar-refractivity contribution in [2.24, 2.45) is 0 Å². The Bertz CT molecular complexity index is 597. The van der Waals surface area contributed by atoms with Gasteiger partial charge in [0.2, 0.25) is 5.89 Å². The lowest BCUT2D eigenvalue weighted by Gasteiger charge is -2.37. The second-order valence-electron chi connectivity index (χ2n) is 5.56. The van der Waals surface area contributed by atoms with Crippen molar-refractivity contribution in [3.05, 3.63) is 22.8 Å². The van der Waals surface area contributed by atoms with Gasteiger partial charge in [-0.1, -0.05) is 5.16 Å². The summed E-state index contributed by atoms with van der Waals surface area (Å²) in [6.07, 6.45) is 1.35.